The van der Waals surface area contributed by atoms with Crippen LogP contribution in [0.25, 0.3) is 5.69 Å². The summed E-state index contributed by atoms with van der Waals surface area (Å²) in [5.74, 6) is 2.18. The molecule has 4 rings (SSSR count). The van der Waals surface area contributed by atoms with Crippen LogP contribution in [0.2, 0.25) is 0 Å². The molecule has 1 aromatic carbocycles. The topological polar surface area (TPSA) is 64.0 Å². The molecular formula is C20H25N3O2S. The van der Waals surface area contributed by atoms with E-state index in [4.69, 9.17) is 0 Å². The second kappa shape index (κ2) is 7.35. The van der Waals surface area contributed by atoms with Crippen molar-refractivity contribution in [3.05, 3.63) is 41.1 Å². The molecule has 5 nitrogen and oxygen atoms in total. The Morgan fingerprint density at radius 2 is 1.92 bits per heavy atom. The first-order chi connectivity index (χ1) is 12.6. The summed E-state index contributed by atoms with van der Waals surface area (Å²) in [6.07, 6.45) is 6.61. The smallest absolute Gasteiger partial charge is 0.225 e. The summed E-state index contributed by atoms with van der Waals surface area (Å²) >= 11 is 0. The Kier molecular flexibility index (Phi) is 4.94. The van der Waals surface area contributed by atoms with Crippen molar-refractivity contribution < 1.29 is 9.00 Å². The Labute approximate surface area is 156 Å². The van der Waals surface area contributed by atoms with E-state index in [0.717, 1.165) is 29.8 Å². The minimum absolute atomic E-state index is 0.0469. The lowest BCUT2D eigenvalue weighted by atomic mass is 9.87. The number of anilines is 1. The monoisotopic (exact) mass is 371 g/mol. The van der Waals surface area contributed by atoms with E-state index < -0.39 is 10.8 Å². The largest absolute Gasteiger partial charge is 0.310 e. The van der Waals surface area contributed by atoms with Crippen LogP contribution in [0.5, 0.6) is 0 Å². The van der Waals surface area contributed by atoms with Gasteiger partial charge in [-0.1, -0.05) is 37.0 Å². The first kappa shape index (κ1) is 17.5. The van der Waals surface area contributed by atoms with Crippen molar-refractivity contribution in [2.24, 2.45) is 5.92 Å². The highest BCUT2D eigenvalue weighted by Gasteiger charge is 2.28. The maximum Gasteiger partial charge on any atom is 0.225 e. The predicted octanol–water partition coefficient (Wildman–Crippen LogP) is 3.85. The third kappa shape index (κ3) is 3.61. The number of fused-ring (bicyclic) bond motifs is 1. The molecule has 0 radical (unpaired) electrons. The van der Waals surface area contributed by atoms with Crippen LogP contribution in [0.1, 0.15) is 55.3 Å². The molecule has 1 aromatic heterocycles. The third-order valence-corrected chi connectivity index (χ3v) is 6.61. The summed E-state index contributed by atoms with van der Waals surface area (Å²) in [5, 5.41) is 7.75. The van der Waals surface area contributed by atoms with Gasteiger partial charge in [0.15, 0.2) is 0 Å². The Morgan fingerprint density at radius 3 is 2.65 bits per heavy atom. The standard InChI is InChI=1S/C20H25N3O2S/c1-14-7-9-16(10-8-14)23-20(17-12-26(25)13-18(17)22-23)21-19(24)11-15-5-3-2-4-6-15/h7-10,15H,2-6,11-13H2,1H3,(H,21,24). The van der Waals surface area contributed by atoms with E-state index in [0.29, 0.717) is 29.7 Å². The predicted molar refractivity (Wildman–Crippen MR) is 104 cm³/mol. The Hall–Kier alpha value is -1.95. The van der Waals surface area contributed by atoms with E-state index in [1.807, 2.05) is 31.2 Å². The number of carbonyl (C=O) groups is 1. The Balaban J connectivity index is 1.60. The number of rotatable bonds is 4. The first-order valence-electron chi connectivity index (χ1n) is 9.43. The van der Waals surface area contributed by atoms with Gasteiger partial charge in [0, 0.05) is 22.8 Å². The summed E-state index contributed by atoms with van der Waals surface area (Å²) in [6, 6.07) is 8.08. The van der Waals surface area contributed by atoms with Gasteiger partial charge in [0.05, 0.1) is 22.9 Å². The second-order valence-electron chi connectivity index (χ2n) is 7.51. The highest BCUT2D eigenvalue weighted by Crippen LogP contribution is 2.32. The first-order valence-corrected chi connectivity index (χ1v) is 10.9. The van der Waals surface area contributed by atoms with E-state index >= 15 is 0 Å². The number of nitrogens with one attached hydrogen (secondary N) is 1. The highest BCUT2D eigenvalue weighted by atomic mass is 32.2. The minimum Gasteiger partial charge on any atom is -0.310 e. The minimum atomic E-state index is -0.915. The lowest BCUT2D eigenvalue weighted by molar-refractivity contribution is -0.117. The Bertz CT molecular complexity index is 835. The molecule has 1 aliphatic carbocycles. The normalized spacial score (nSPS) is 20.1. The number of nitrogens with zero attached hydrogens (tertiary/aromatic N) is 2. The van der Waals surface area contributed by atoms with Crippen LogP contribution in [0.15, 0.2) is 24.3 Å². The van der Waals surface area contributed by atoms with Crippen LogP contribution in [0.4, 0.5) is 5.82 Å². The molecule has 2 heterocycles. The molecule has 138 valence electrons. The van der Waals surface area contributed by atoms with Gasteiger partial charge in [-0.25, -0.2) is 4.68 Å². The molecule has 1 aliphatic heterocycles. The molecular weight excluding hydrogens is 346 g/mol. The summed E-state index contributed by atoms with van der Waals surface area (Å²) in [5.41, 5.74) is 3.87. The fraction of sp³-hybridized carbons (Fsp3) is 0.500. The molecule has 1 saturated carbocycles. The van der Waals surface area contributed by atoms with Crippen molar-refractivity contribution in [3.63, 3.8) is 0 Å². The number of aryl methyl sites for hydroxylation is 1. The van der Waals surface area contributed by atoms with Gasteiger partial charge >= 0.3 is 0 Å². The molecule has 1 unspecified atom stereocenters. The highest BCUT2D eigenvalue weighted by molar-refractivity contribution is 7.83. The summed E-state index contributed by atoms with van der Waals surface area (Å²) in [7, 11) is -0.915. The van der Waals surface area contributed by atoms with Gasteiger partial charge in [-0.3, -0.25) is 9.00 Å². The molecule has 1 atom stereocenters. The molecule has 6 heteroatoms. The van der Waals surface area contributed by atoms with Crippen LogP contribution in [0.3, 0.4) is 0 Å². The van der Waals surface area contributed by atoms with E-state index in [-0.39, 0.29) is 5.91 Å². The lowest BCUT2D eigenvalue weighted by Crippen LogP contribution is -2.20. The number of benzene rings is 1. The van der Waals surface area contributed by atoms with E-state index in [2.05, 4.69) is 10.4 Å². The quantitative estimate of drug-likeness (QED) is 0.888. The zero-order chi connectivity index (χ0) is 18.1. The lowest BCUT2D eigenvalue weighted by Gasteiger charge is -2.21. The van der Waals surface area contributed by atoms with E-state index in [9.17, 15) is 9.00 Å². The summed E-state index contributed by atoms with van der Waals surface area (Å²) in [6.45, 7) is 2.04. The molecule has 1 N–H and O–H groups in total. The van der Waals surface area contributed by atoms with Gasteiger partial charge in [-0.2, -0.15) is 5.10 Å². The van der Waals surface area contributed by atoms with Crippen LogP contribution in [0, 0.1) is 12.8 Å². The van der Waals surface area contributed by atoms with Gasteiger partial charge in [-0.15, -0.1) is 0 Å². The van der Waals surface area contributed by atoms with Gasteiger partial charge < -0.3 is 5.32 Å². The number of aromatic nitrogens is 2. The average Bonchev–Trinajstić information content (AvgIpc) is 3.14. The maximum absolute atomic E-state index is 12.7. The van der Waals surface area contributed by atoms with Gasteiger partial charge in [-0.05, 0) is 37.8 Å². The summed E-state index contributed by atoms with van der Waals surface area (Å²) in [4.78, 5) is 12.7. The molecule has 1 fully saturated rings. The molecule has 0 spiro atoms. The summed E-state index contributed by atoms with van der Waals surface area (Å²) < 4.78 is 13.8. The second-order valence-corrected chi connectivity index (χ2v) is 8.96. The average molecular weight is 372 g/mol. The third-order valence-electron chi connectivity index (χ3n) is 5.40. The van der Waals surface area contributed by atoms with Crippen molar-refractivity contribution in [2.45, 2.75) is 57.0 Å². The van der Waals surface area contributed by atoms with Crippen LogP contribution in [-0.2, 0) is 27.1 Å². The molecule has 0 saturated heterocycles. The van der Waals surface area contributed by atoms with Crippen molar-refractivity contribution in [1.29, 1.82) is 0 Å². The van der Waals surface area contributed by atoms with Gasteiger partial charge in [0.2, 0.25) is 5.91 Å². The van der Waals surface area contributed by atoms with Crippen molar-refractivity contribution in [1.82, 2.24) is 9.78 Å². The molecule has 0 bridgehead atoms. The molecule has 1 amide bonds. The van der Waals surface area contributed by atoms with Crippen LogP contribution in [-0.4, -0.2) is 19.9 Å². The van der Waals surface area contributed by atoms with Crippen molar-refractivity contribution in [3.8, 4) is 5.69 Å². The fourth-order valence-electron chi connectivity index (χ4n) is 3.97. The zero-order valence-corrected chi connectivity index (χ0v) is 16.0. The molecule has 2 aliphatic rings. The van der Waals surface area contributed by atoms with E-state index in [1.54, 1.807) is 4.68 Å². The zero-order valence-electron chi connectivity index (χ0n) is 15.2. The number of carbonyl (C=O) groups excluding carboxylic acids is 1. The molecule has 26 heavy (non-hydrogen) atoms. The maximum atomic E-state index is 12.7. The van der Waals surface area contributed by atoms with Crippen LogP contribution >= 0.6 is 0 Å². The van der Waals surface area contributed by atoms with Gasteiger partial charge in [0.1, 0.15) is 5.82 Å². The van der Waals surface area contributed by atoms with Gasteiger partial charge in [0.25, 0.3) is 0 Å². The number of amides is 1. The van der Waals surface area contributed by atoms with Crippen molar-refractivity contribution in [2.75, 3.05) is 5.32 Å². The van der Waals surface area contributed by atoms with E-state index in [1.165, 1.54) is 24.8 Å². The fourth-order valence-corrected chi connectivity index (χ4v) is 5.23. The SMILES string of the molecule is Cc1ccc(-n2nc3c(c2NC(=O)CC2CCCCC2)CS(=O)C3)cc1. The van der Waals surface area contributed by atoms with Crippen molar-refractivity contribution >= 4 is 22.5 Å². The number of hydrogen-bond acceptors (Lipinski definition) is 3. The Morgan fingerprint density at radius 1 is 1.19 bits per heavy atom. The molecule has 2 aromatic rings. The number of hydrogen-bond donors (Lipinski definition) is 1. The van der Waals surface area contributed by atoms with Crippen LogP contribution < -0.4 is 5.32 Å².